The first kappa shape index (κ1) is 19.7. The molecule has 1 amide bonds. The van der Waals surface area contributed by atoms with E-state index in [0.29, 0.717) is 11.5 Å². The summed E-state index contributed by atoms with van der Waals surface area (Å²) in [5, 5.41) is 11.9. The number of carbonyl (C=O) groups excluding carboxylic acids is 1. The van der Waals surface area contributed by atoms with Gasteiger partial charge < -0.3 is 19.9 Å². The number of carboxylic acid groups (broad SMARTS) is 1. The Morgan fingerprint density at radius 3 is 2.61 bits per heavy atom. The quantitative estimate of drug-likeness (QED) is 0.757. The van der Waals surface area contributed by atoms with E-state index in [4.69, 9.17) is 14.6 Å². The van der Waals surface area contributed by atoms with Crippen molar-refractivity contribution in [3.8, 4) is 11.5 Å². The molecule has 1 aliphatic rings. The Kier molecular flexibility index (Phi) is 6.13. The molecule has 0 bridgehead atoms. The van der Waals surface area contributed by atoms with Gasteiger partial charge in [0.2, 0.25) is 0 Å². The molecule has 28 heavy (non-hydrogen) atoms. The normalized spacial score (nSPS) is 15.1. The molecule has 1 aromatic carbocycles. The molecule has 0 aliphatic heterocycles. The molecule has 1 aliphatic carbocycles. The van der Waals surface area contributed by atoms with E-state index in [9.17, 15) is 9.59 Å². The highest BCUT2D eigenvalue weighted by Gasteiger charge is 2.20. The van der Waals surface area contributed by atoms with Crippen LogP contribution in [0.25, 0.3) is 0 Å². The van der Waals surface area contributed by atoms with Gasteiger partial charge in [0.25, 0.3) is 5.91 Å². The van der Waals surface area contributed by atoms with E-state index in [1.54, 1.807) is 7.11 Å². The Morgan fingerprint density at radius 1 is 1.18 bits per heavy atom. The lowest BCUT2D eigenvalue weighted by molar-refractivity contribution is 0.0696. The Bertz CT molecular complexity index is 862. The van der Waals surface area contributed by atoms with Crippen LogP contribution >= 0.6 is 0 Å². The summed E-state index contributed by atoms with van der Waals surface area (Å²) in [6.07, 6.45) is 6.02. The Labute approximate surface area is 163 Å². The number of aromatic carboxylic acids is 1. The molecular weight excluding hydrogens is 360 g/mol. The van der Waals surface area contributed by atoms with E-state index in [0.717, 1.165) is 18.4 Å². The Hall–Kier alpha value is -3.09. The second-order valence-electron chi connectivity index (χ2n) is 6.86. The summed E-state index contributed by atoms with van der Waals surface area (Å²) in [4.78, 5) is 27.4. The Morgan fingerprint density at radius 2 is 1.93 bits per heavy atom. The van der Waals surface area contributed by atoms with E-state index in [1.807, 2.05) is 25.1 Å². The number of carboxylic acids is 1. The number of hydrogen-bond donors (Lipinski definition) is 2. The lowest BCUT2D eigenvalue weighted by atomic mass is 10.1. The lowest BCUT2D eigenvalue weighted by Crippen LogP contribution is -2.27. The van der Waals surface area contributed by atoms with Gasteiger partial charge in [-0.3, -0.25) is 9.78 Å². The topological polar surface area (TPSA) is 97.8 Å². The highest BCUT2D eigenvalue weighted by molar-refractivity contribution is 5.95. The molecule has 1 saturated carbocycles. The zero-order valence-electron chi connectivity index (χ0n) is 16.0. The summed E-state index contributed by atoms with van der Waals surface area (Å²) in [6, 6.07) is 7.87. The fourth-order valence-electron chi connectivity index (χ4n) is 3.28. The molecule has 1 fully saturated rings. The number of aromatic nitrogens is 1. The predicted molar refractivity (Wildman–Crippen MR) is 103 cm³/mol. The largest absolute Gasteiger partial charge is 0.493 e. The molecule has 2 N–H and O–H groups in total. The molecule has 148 valence electrons. The third kappa shape index (κ3) is 4.60. The van der Waals surface area contributed by atoms with Crippen LogP contribution in [0.5, 0.6) is 11.5 Å². The van der Waals surface area contributed by atoms with Gasteiger partial charge >= 0.3 is 5.97 Å². The molecule has 0 radical (unpaired) electrons. The molecule has 7 nitrogen and oxygen atoms in total. The van der Waals surface area contributed by atoms with Crippen LogP contribution in [-0.2, 0) is 0 Å². The van der Waals surface area contributed by atoms with E-state index >= 15 is 0 Å². The average molecular weight is 384 g/mol. The number of nitrogens with one attached hydrogen (secondary N) is 1. The van der Waals surface area contributed by atoms with Crippen LogP contribution in [0, 0.1) is 0 Å². The SMILES string of the molecule is COc1cc(C(C)NC(=O)c2cc(C(=O)O)ccn2)ccc1OC1CCCC1. The second kappa shape index (κ2) is 8.73. The molecule has 1 aromatic heterocycles. The van der Waals surface area contributed by atoms with Crippen molar-refractivity contribution < 1.29 is 24.2 Å². The second-order valence-corrected chi connectivity index (χ2v) is 6.86. The van der Waals surface area contributed by atoms with Gasteiger partial charge in [-0.1, -0.05) is 6.07 Å². The molecule has 1 atom stereocenters. The van der Waals surface area contributed by atoms with Crippen molar-refractivity contribution in [1.82, 2.24) is 10.3 Å². The summed E-state index contributed by atoms with van der Waals surface area (Å²) >= 11 is 0. The van der Waals surface area contributed by atoms with Gasteiger partial charge in [-0.15, -0.1) is 0 Å². The molecule has 7 heteroatoms. The van der Waals surface area contributed by atoms with E-state index in [1.165, 1.54) is 31.2 Å². The number of amides is 1. The first-order valence-corrected chi connectivity index (χ1v) is 9.32. The fraction of sp³-hybridized carbons (Fsp3) is 0.381. The van der Waals surface area contributed by atoms with Crippen LogP contribution in [-0.4, -0.2) is 35.2 Å². The molecule has 0 saturated heterocycles. The fourth-order valence-corrected chi connectivity index (χ4v) is 3.28. The number of hydrogen-bond acceptors (Lipinski definition) is 5. The van der Waals surface area contributed by atoms with Gasteiger partial charge in [0.1, 0.15) is 5.69 Å². The zero-order valence-corrected chi connectivity index (χ0v) is 16.0. The number of benzene rings is 1. The maximum absolute atomic E-state index is 12.4. The lowest BCUT2D eigenvalue weighted by Gasteiger charge is -2.19. The van der Waals surface area contributed by atoms with Crippen molar-refractivity contribution in [2.45, 2.75) is 44.8 Å². The molecular formula is C21H24N2O5. The predicted octanol–water partition coefficient (Wildman–Crippen LogP) is 3.60. The first-order valence-electron chi connectivity index (χ1n) is 9.32. The van der Waals surface area contributed by atoms with Crippen LogP contribution in [0.4, 0.5) is 0 Å². The van der Waals surface area contributed by atoms with Gasteiger partial charge in [0, 0.05) is 6.20 Å². The number of ether oxygens (including phenoxy) is 2. The third-order valence-electron chi connectivity index (χ3n) is 4.87. The number of pyridine rings is 1. The van der Waals surface area contributed by atoms with Crippen LogP contribution in [0.3, 0.4) is 0 Å². The Balaban J connectivity index is 1.71. The van der Waals surface area contributed by atoms with Gasteiger partial charge in [0.05, 0.1) is 24.8 Å². The maximum Gasteiger partial charge on any atom is 0.335 e. The minimum absolute atomic E-state index is 0.0166. The van der Waals surface area contributed by atoms with Gasteiger partial charge in [0.15, 0.2) is 11.5 Å². The van der Waals surface area contributed by atoms with E-state index in [2.05, 4.69) is 10.3 Å². The summed E-state index contributed by atoms with van der Waals surface area (Å²) in [6.45, 7) is 1.84. The monoisotopic (exact) mass is 384 g/mol. The molecule has 2 aromatic rings. The van der Waals surface area contributed by atoms with Gasteiger partial charge in [-0.2, -0.15) is 0 Å². The molecule has 1 heterocycles. The minimum atomic E-state index is -1.10. The number of nitrogens with zero attached hydrogens (tertiary/aromatic N) is 1. The summed E-state index contributed by atoms with van der Waals surface area (Å²) in [7, 11) is 1.59. The summed E-state index contributed by atoms with van der Waals surface area (Å²) < 4.78 is 11.5. The van der Waals surface area contributed by atoms with Crippen molar-refractivity contribution in [3.63, 3.8) is 0 Å². The third-order valence-corrected chi connectivity index (χ3v) is 4.87. The number of methoxy groups -OCH3 is 1. The number of rotatable bonds is 7. The van der Waals surface area contributed by atoms with Crippen molar-refractivity contribution in [2.24, 2.45) is 0 Å². The maximum atomic E-state index is 12.4. The van der Waals surface area contributed by atoms with Crippen molar-refractivity contribution in [1.29, 1.82) is 0 Å². The molecule has 3 rings (SSSR count). The van der Waals surface area contributed by atoms with Gasteiger partial charge in [-0.05, 0) is 62.4 Å². The summed E-state index contributed by atoms with van der Waals surface area (Å²) in [5.74, 6) is -0.225. The standard InChI is InChI=1S/C21H24N2O5/c1-13(23-20(24)17-11-15(21(25)26)9-10-22-17)14-7-8-18(19(12-14)27-2)28-16-5-3-4-6-16/h7-13,16H,3-6H2,1-2H3,(H,23,24)(H,25,26). The van der Waals surface area contributed by atoms with Crippen LogP contribution in [0.2, 0.25) is 0 Å². The summed E-state index contributed by atoms with van der Waals surface area (Å²) in [5.41, 5.74) is 0.918. The first-order chi connectivity index (χ1) is 13.5. The molecule has 0 spiro atoms. The van der Waals surface area contributed by atoms with Gasteiger partial charge in [-0.25, -0.2) is 4.79 Å². The smallest absolute Gasteiger partial charge is 0.335 e. The zero-order chi connectivity index (χ0) is 20.1. The van der Waals surface area contributed by atoms with Crippen LogP contribution < -0.4 is 14.8 Å². The van der Waals surface area contributed by atoms with Crippen molar-refractivity contribution in [2.75, 3.05) is 7.11 Å². The number of carbonyl (C=O) groups is 2. The highest BCUT2D eigenvalue weighted by Crippen LogP contribution is 2.33. The van der Waals surface area contributed by atoms with E-state index in [-0.39, 0.29) is 23.4 Å². The highest BCUT2D eigenvalue weighted by atomic mass is 16.5. The van der Waals surface area contributed by atoms with Crippen molar-refractivity contribution in [3.05, 3.63) is 53.3 Å². The molecule has 1 unspecified atom stereocenters. The minimum Gasteiger partial charge on any atom is -0.493 e. The van der Waals surface area contributed by atoms with E-state index < -0.39 is 11.9 Å². The average Bonchev–Trinajstić information content (AvgIpc) is 3.21. The van der Waals surface area contributed by atoms with Crippen LogP contribution in [0.15, 0.2) is 36.5 Å². The van der Waals surface area contributed by atoms with Crippen molar-refractivity contribution >= 4 is 11.9 Å². The van der Waals surface area contributed by atoms with Crippen LogP contribution in [0.1, 0.15) is 65.1 Å².